The molecule has 4 heteroatoms. The van der Waals surface area contributed by atoms with E-state index in [1.807, 2.05) is 12.1 Å². The van der Waals surface area contributed by atoms with E-state index in [1.54, 1.807) is 6.07 Å². The van der Waals surface area contributed by atoms with E-state index in [-0.39, 0.29) is 0 Å². The Labute approximate surface area is 127 Å². The lowest BCUT2D eigenvalue weighted by Crippen LogP contribution is -2.36. The Bertz CT molecular complexity index is 493. The summed E-state index contributed by atoms with van der Waals surface area (Å²) in [7, 11) is 0. The van der Waals surface area contributed by atoms with Crippen molar-refractivity contribution < 1.29 is 4.79 Å². The Morgan fingerprint density at radius 3 is 2.57 bits per heavy atom. The summed E-state index contributed by atoms with van der Waals surface area (Å²) in [4.78, 5) is 14.2. The fourth-order valence-electron chi connectivity index (χ4n) is 3.11. The topological polar surface area (TPSA) is 72.3 Å². The highest BCUT2D eigenvalue weighted by Crippen LogP contribution is 2.32. The van der Waals surface area contributed by atoms with Gasteiger partial charge < -0.3 is 16.4 Å². The predicted octanol–water partition coefficient (Wildman–Crippen LogP) is 3.16. The minimum absolute atomic E-state index is 0.398. The molecule has 21 heavy (non-hydrogen) atoms. The van der Waals surface area contributed by atoms with Crippen LogP contribution in [0.2, 0.25) is 0 Å². The van der Waals surface area contributed by atoms with Crippen LogP contribution >= 0.6 is 0 Å². The van der Waals surface area contributed by atoms with Crippen molar-refractivity contribution in [1.29, 1.82) is 0 Å². The van der Waals surface area contributed by atoms with Gasteiger partial charge in [0.1, 0.15) is 0 Å². The fraction of sp³-hybridized carbons (Fsp3) is 0.588. The van der Waals surface area contributed by atoms with Crippen molar-refractivity contribution in [3.05, 3.63) is 23.8 Å². The number of benzene rings is 1. The van der Waals surface area contributed by atoms with Gasteiger partial charge in [0.25, 0.3) is 5.91 Å². The molecule has 1 aromatic carbocycles. The van der Waals surface area contributed by atoms with Gasteiger partial charge in [-0.05, 0) is 43.4 Å². The van der Waals surface area contributed by atoms with Crippen molar-refractivity contribution in [3.8, 4) is 0 Å². The fourth-order valence-corrected chi connectivity index (χ4v) is 3.11. The highest BCUT2D eigenvalue weighted by atomic mass is 16.1. The van der Waals surface area contributed by atoms with E-state index in [4.69, 9.17) is 11.5 Å². The van der Waals surface area contributed by atoms with Gasteiger partial charge in [0.05, 0.1) is 5.56 Å². The maximum absolute atomic E-state index is 11.8. The summed E-state index contributed by atoms with van der Waals surface area (Å²) in [6.07, 6.45) is 6.04. The molecule has 1 aliphatic carbocycles. The lowest BCUT2D eigenvalue weighted by molar-refractivity contribution is 0.100. The van der Waals surface area contributed by atoms with Crippen molar-refractivity contribution in [2.75, 3.05) is 17.2 Å². The number of primary amides is 1. The molecule has 0 saturated heterocycles. The summed E-state index contributed by atoms with van der Waals surface area (Å²) in [5.74, 6) is 0.240. The molecular weight excluding hydrogens is 262 g/mol. The van der Waals surface area contributed by atoms with E-state index in [2.05, 4.69) is 18.7 Å². The van der Waals surface area contributed by atoms with Crippen LogP contribution in [0.5, 0.6) is 0 Å². The Kier molecular flexibility index (Phi) is 5.10. The third-order valence-electron chi connectivity index (χ3n) is 4.31. The van der Waals surface area contributed by atoms with Crippen molar-refractivity contribution in [2.24, 2.45) is 11.7 Å². The standard InChI is InChI=1S/C17H27N3O/c1-12(2)9-10-20(14-5-3-4-6-14)16-8-7-13(18)11-15(16)17(19)21/h7-8,11-12,14H,3-6,9-10,18H2,1-2H3,(H2,19,21). The first-order valence-electron chi connectivity index (χ1n) is 7.95. The largest absolute Gasteiger partial charge is 0.399 e. The van der Waals surface area contributed by atoms with E-state index in [1.165, 1.54) is 25.7 Å². The quantitative estimate of drug-likeness (QED) is 0.790. The highest BCUT2D eigenvalue weighted by Gasteiger charge is 2.25. The van der Waals surface area contributed by atoms with Gasteiger partial charge in [0.15, 0.2) is 0 Å². The number of nitrogens with zero attached hydrogens (tertiary/aromatic N) is 1. The lowest BCUT2D eigenvalue weighted by atomic mass is 10.0. The number of carbonyl (C=O) groups excluding carboxylic acids is 1. The summed E-state index contributed by atoms with van der Waals surface area (Å²) >= 11 is 0. The molecule has 0 atom stereocenters. The van der Waals surface area contributed by atoms with Gasteiger partial charge in [-0.2, -0.15) is 0 Å². The Balaban J connectivity index is 2.32. The van der Waals surface area contributed by atoms with Gasteiger partial charge in [-0.15, -0.1) is 0 Å². The highest BCUT2D eigenvalue weighted by molar-refractivity contribution is 5.99. The van der Waals surface area contributed by atoms with Crippen LogP contribution in [0, 0.1) is 5.92 Å². The van der Waals surface area contributed by atoms with Crippen LogP contribution < -0.4 is 16.4 Å². The van der Waals surface area contributed by atoms with Crippen LogP contribution in [0.1, 0.15) is 56.3 Å². The molecule has 1 aliphatic rings. The molecule has 0 heterocycles. The third kappa shape index (κ3) is 3.90. The van der Waals surface area contributed by atoms with Crippen LogP contribution in [-0.2, 0) is 0 Å². The second-order valence-electron chi connectivity index (χ2n) is 6.46. The number of amides is 1. The van der Waals surface area contributed by atoms with Gasteiger partial charge in [0, 0.05) is 24.0 Å². The Hall–Kier alpha value is -1.71. The maximum Gasteiger partial charge on any atom is 0.250 e. The zero-order chi connectivity index (χ0) is 15.4. The number of nitrogens with two attached hydrogens (primary N) is 2. The Morgan fingerprint density at radius 1 is 1.33 bits per heavy atom. The van der Waals surface area contributed by atoms with Gasteiger partial charge in [-0.3, -0.25) is 4.79 Å². The number of hydrogen-bond acceptors (Lipinski definition) is 3. The second kappa shape index (κ2) is 6.83. The minimum atomic E-state index is -0.398. The number of nitrogen functional groups attached to an aromatic ring is 1. The summed E-state index contributed by atoms with van der Waals surface area (Å²) in [6.45, 7) is 5.42. The molecule has 2 rings (SSSR count). The number of hydrogen-bond donors (Lipinski definition) is 2. The molecule has 0 unspecified atom stereocenters. The molecule has 0 bridgehead atoms. The smallest absolute Gasteiger partial charge is 0.250 e. The number of rotatable bonds is 6. The van der Waals surface area contributed by atoms with Crippen molar-refractivity contribution in [3.63, 3.8) is 0 Å². The van der Waals surface area contributed by atoms with E-state index in [0.29, 0.717) is 23.2 Å². The van der Waals surface area contributed by atoms with Gasteiger partial charge in [0.2, 0.25) is 0 Å². The van der Waals surface area contributed by atoms with Crippen LogP contribution in [0.15, 0.2) is 18.2 Å². The zero-order valence-corrected chi connectivity index (χ0v) is 13.1. The second-order valence-corrected chi connectivity index (χ2v) is 6.46. The molecule has 1 fully saturated rings. The molecule has 0 radical (unpaired) electrons. The third-order valence-corrected chi connectivity index (χ3v) is 4.31. The first-order chi connectivity index (χ1) is 9.99. The monoisotopic (exact) mass is 289 g/mol. The van der Waals surface area contributed by atoms with Crippen molar-refractivity contribution in [1.82, 2.24) is 0 Å². The molecule has 0 spiro atoms. The maximum atomic E-state index is 11.8. The first kappa shape index (κ1) is 15.7. The summed E-state index contributed by atoms with van der Waals surface area (Å²) in [5, 5.41) is 0. The normalized spacial score (nSPS) is 15.6. The van der Waals surface area contributed by atoms with E-state index < -0.39 is 5.91 Å². The molecule has 116 valence electrons. The molecule has 1 saturated carbocycles. The molecule has 0 aromatic heterocycles. The first-order valence-corrected chi connectivity index (χ1v) is 7.95. The van der Waals surface area contributed by atoms with E-state index in [0.717, 1.165) is 18.7 Å². The van der Waals surface area contributed by atoms with E-state index >= 15 is 0 Å². The van der Waals surface area contributed by atoms with E-state index in [9.17, 15) is 4.79 Å². The predicted molar refractivity (Wildman–Crippen MR) is 88.4 cm³/mol. The lowest BCUT2D eigenvalue weighted by Gasteiger charge is -2.33. The van der Waals surface area contributed by atoms with Crippen LogP contribution in [0.25, 0.3) is 0 Å². The van der Waals surface area contributed by atoms with Crippen LogP contribution in [0.4, 0.5) is 11.4 Å². The summed E-state index contributed by atoms with van der Waals surface area (Å²) in [6, 6.07) is 6.03. The summed E-state index contributed by atoms with van der Waals surface area (Å²) < 4.78 is 0. The Morgan fingerprint density at radius 2 is 2.00 bits per heavy atom. The SMILES string of the molecule is CC(C)CCN(c1ccc(N)cc1C(N)=O)C1CCCC1. The van der Waals surface area contributed by atoms with Crippen molar-refractivity contribution >= 4 is 17.3 Å². The molecule has 4 nitrogen and oxygen atoms in total. The number of anilines is 2. The average molecular weight is 289 g/mol. The molecular formula is C17H27N3O. The van der Waals surface area contributed by atoms with Crippen LogP contribution in [-0.4, -0.2) is 18.5 Å². The molecule has 1 aromatic rings. The van der Waals surface area contributed by atoms with Gasteiger partial charge >= 0.3 is 0 Å². The van der Waals surface area contributed by atoms with Gasteiger partial charge in [-0.25, -0.2) is 0 Å². The molecule has 1 amide bonds. The van der Waals surface area contributed by atoms with Crippen molar-refractivity contribution in [2.45, 2.75) is 52.0 Å². The van der Waals surface area contributed by atoms with Crippen LogP contribution in [0.3, 0.4) is 0 Å². The average Bonchev–Trinajstić information content (AvgIpc) is 2.93. The molecule has 0 aliphatic heterocycles. The minimum Gasteiger partial charge on any atom is -0.399 e. The summed E-state index contributed by atoms with van der Waals surface area (Å²) in [5.41, 5.74) is 13.5. The molecule has 4 N–H and O–H groups in total. The number of carbonyl (C=O) groups is 1. The van der Waals surface area contributed by atoms with Gasteiger partial charge in [-0.1, -0.05) is 26.7 Å². The zero-order valence-electron chi connectivity index (χ0n) is 13.1.